The molecule has 1 unspecified atom stereocenters. The minimum Gasteiger partial charge on any atom is -0.316 e. The van der Waals surface area contributed by atoms with Gasteiger partial charge in [-0.05, 0) is 5.92 Å². The molecule has 1 fully saturated rings. The first kappa shape index (κ1) is 8.14. The van der Waals surface area contributed by atoms with Gasteiger partial charge in [-0.2, -0.15) is 0 Å². The van der Waals surface area contributed by atoms with Crippen molar-refractivity contribution in [1.82, 2.24) is 5.32 Å². The lowest BCUT2D eigenvalue weighted by Crippen LogP contribution is -2.45. The summed E-state index contributed by atoms with van der Waals surface area (Å²) in [4.78, 5) is 0. The zero-order chi connectivity index (χ0) is 7.40. The van der Waals surface area contributed by atoms with Gasteiger partial charge in [0.1, 0.15) is 6.67 Å². The number of alkyl halides is 1. The van der Waals surface area contributed by atoms with E-state index in [1.807, 2.05) is 0 Å². The number of nitrogens with one attached hydrogen (secondary N) is 1. The van der Waals surface area contributed by atoms with E-state index in [4.69, 9.17) is 0 Å². The highest BCUT2D eigenvalue weighted by atomic mass is 32.2. The molecule has 0 aliphatic carbocycles. The van der Waals surface area contributed by atoms with E-state index in [0.29, 0.717) is 11.7 Å². The van der Waals surface area contributed by atoms with Crippen molar-refractivity contribution in [2.45, 2.75) is 0 Å². The molecular formula is C6H12FNOS. The molecule has 0 aromatic rings. The summed E-state index contributed by atoms with van der Waals surface area (Å²) >= 11 is 0. The molecule has 1 N–H and O–H groups in total. The summed E-state index contributed by atoms with van der Waals surface area (Å²) in [6, 6.07) is 0. The Morgan fingerprint density at radius 1 is 1.60 bits per heavy atom. The first-order valence-corrected chi connectivity index (χ1v) is 4.93. The molecule has 0 aromatic heterocycles. The highest BCUT2D eigenvalue weighted by molar-refractivity contribution is 7.85. The van der Waals surface area contributed by atoms with Crippen LogP contribution < -0.4 is 5.32 Å². The molecule has 1 heterocycles. The third-order valence-electron chi connectivity index (χ3n) is 1.59. The van der Waals surface area contributed by atoms with E-state index < -0.39 is 17.5 Å². The average molecular weight is 165 g/mol. The normalized spacial score (nSPS) is 22.1. The smallest absolute Gasteiger partial charge is 0.101 e. The lowest BCUT2D eigenvalue weighted by molar-refractivity contribution is 0.382. The van der Waals surface area contributed by atoms with Gasteiger partial charge < -0.3 is 5.32 Å². The van der Waals surface area contributed by atoms with E-state index in [1.165, 1.54) is 0 Å². The van der Waals surface area contributed by atoms with Crippen LogP contribution in [-0.2, 0) is 10.8 Å². The van der Waals surface area contributed by atoms with E-state index in [2.05, 4.69) is 5.32 Å². The van der Waals surface area contributed by atoms with E-state index in [9.17, 15) is 8.60 Å². The van der Waals surface area contributed by atoms with Crippen LogP contribution in [-0.4, -0.2) is 35.5 Å². The van der Waals surface area contributed by atoms with Crippen molar-refractivity contribution < 1.29 is 8.60 Å². The van der Waals surface area contributed by atoms with Crippen LogP contribution >= 0.6 is 0 Å². The second-order valence-corrected chi connectivity index (χ2v) is 4.15. The molecule has 1 aliphatic rings. The maximum atomic E-state index is 11.6. The van der Waals surface area contributed by atoms with Crippen molar-refractivity contribution >= 4 is 10.8 Å². The Balaban J connectivity index is 2.05. The molecule has 2 nitrogen and oxygen atoms in total. The summed E-state index contributed by atoms with van der Waals surface area (Å²) in [5.74, 6) is 1.43. The largest absolute Gasteiger partial charge is 0.316 e. The van der Waals surface area contributed by atoms with E-state index >= 15 is 0 Å². The highest BCUT2D eigenvalue weighted by Crippen LogP contribution is 2.04. The van der Waals surface area contributed by atoms with E-state index in [1.54, 1.807) is 0 Å². The van der Waals surface area contributed by atoms with Gasteiger partial charge in [-0.1, -0.05) is 0 Å². The monoisotopic (exact) mass is 165 g/mol. The SMILES string of the molecule is O=S(CCF)CC1CNC1. The molecule has 60 valence electrons. The van der Waals surface area contributed by atoms with Gasteiger partial charge in [0.2, 0.25) is 0 Å². The number of halogens is 1. The molecular weight excluding hydrogens is 153 g/mol. The number of rotatable bonds is 4. The summed E-state index contributed by atoms with van der Waals surface area (Å²) in [5, 5.41) is 3.08. The number of hydrogen-bond donors (Lipinski definition) is 1. The minimum atomic E-state index is -0.914. The van der Waals surface area contributed by atoms with Crippen LogP contribution in [0.4, 0.5) is 4.39 Å². The van der Waals surface area contributed by atoms with Crippen LogP contribution in [0.1, 0.15) is 0 Å². The maximum Gasteiger partial charge on any atom is 0.101 e. The Bertz CT molecular complexity index is 127. The maximum absolute atomic E-state index is 11.6. The fraction of sp³-hybridized carbons (Fsp3) is 1.00. The first-order valence-electron chi connectivity index (χ1n) is 3.44. The van der Waals surface area contributed by atoms with Crippen LogP contribution in [0.5, 0.6) is 0 Å². The minimum absolute atomic E-state index is 0.219. The van der Waals surface area contributed by atoms with Crippen molar-refractivity contribution in [3.05, 3.63) is 0 Å². The predicted molar refractivity (Wildman–Crippen MR) is 40.2 cm³/mol. The van der Waals surface area contributed by atoms with Gasteiger partial charge in [0.05, 0.1) is 5.75 Å². The van der Waals surface area contributed by atoms with E-state index in [-0.39, 0.29) is 5.75 Å². The van der Waals surface area contributed by atoms with Gasteiger partial charge in [-0.3, -0.25) is 8.60 Å². The van der Waals surface area contributed by atoms with Crippen LogP contribution in [0, 0.1) is 5.92 Å². The van der Waals surface area contributed by atoms with Crippen molar-refractivity contribution in [3.8, 4) is 0 Å². The third kappa shape index (κ3) is 2.34. The summed E-state index contributed by atoms with van der Waals surface area (Å²) < 4.78 is 22.5. The Morgan fingerprint density at radius 2 is 2.30 bits per heavy atom. The summed E-state index contributed by atoms with van der Waals surface area (Å²) in [7, 11) is -0.914. The van der Waals surface area contributed by atoms with Gasteiger partial charge in [-0.15, -0.1) is 0 Å². The fourth-order valence-corrected chi connectivity index (χ4v) is 2.00. The summed E-state index contributed by atoms with van der Waals surface area (Å²) in [6.07, 6.45) is 0. The standard InChI is InChI=1S/C6H12FNOS/c7-1-2-10(9)5-6-3-8-4-6/h6,8H,1-5H2. The quantitative estimate of drug-likeness (QED) is 0.631. The lowest BCUT2D eigenvalue weighted by Gasteiger charge is -2.26. The lowest BCUT2D eigenvalue weighted by atomic mass is 10.1. The van der Waals surface area contributed by atoms with Gasteiger partial charge in [0.25, 0.3) is 0 Å². The van der Waals surface area contributed by atoms with Crippen molar-refractivity contribution in [2.75, 3.05) is 31.3 Å². The van der Waals surface area contributed by atoms with Gasteiger partial charge >= 0.3 is 0 Å². The topological polar surface area (TPSA) is 29.1 Å². The Labute approximate surface area is 62.6 Å². The molecule has 1 rings (SSSR count). The van der Waals surface area contributed by atoms with Crippen molar-refractivity contribution in [2.24, 2.45) is 5.92 Å². The van der Waals surface area contributed by atoms with Gasteiger partial charge in [0, 0.05) is 29.6 Å². The number of hydrogen-bond acceptors (Lipinski definition) is 2. The van der Waals surface area contributed by atoms with Crippen molar-refractivity contribution in [3.63, 3.8) is 0 Å². The van der Waals surface area contributed by atoms with Crippen LogP contribution in [0.2, 0.25) is 0 Å². The van der Waals surface area contributed by atoms with Crippen LogP contribution in [0.15, 0.2) is 0 Å². The second-order valence-electron chi connectivity index (χ2n) is 2.52. The Hall–Kier alpha value is 0.0400. The first-order chi connectivity index (χ1) is 4.83. The van der Waals surface area contributed by atoms with Crippen LogP contribution in [0.3, 0.4) is 0 Å². The zero-order valence-corrected chi connectivity index (χ0v) is 6.62. The third-order valence-corrected chi connectivity index (χ3v) is 3.05. The van der Waals surface area contributed by atoms with Crippen LogP contribution in [0.25, 0.3) is 0 Å². The molecule has 4 heteroatoms. The molecule has 10 heavy (non-hydrogen) atoms. The second kappa shape index (κ2) is 4.03. The van der Waals surface area contributed by atoms with Gasteiger partial charge in [0.15, 0.2) is 0 Å². The average Bonchev–Trinajstić information content (AvgIpc) is 1.80. The molecule has 0 spiro atoms. The zero-order valence-electron chi connectivity index (χ0n) is 5.81. The summed E-state index contributed by atoms with van der Waals surface area (Å²) in [5.41, 5.74) is 0. The molecule has 1 atom stereocenters. The molecule has 0 aromatic carbocycles. The molecule has 0 radical (unpaired) electrons. The highest BCUT2D eigenvalue weighted by Gasteiger charge is 2.18. The van der Waals surface area contributed by atoms with Crippen molar-refractivity contribution in [1.29, 1.82) is 0 Å². The van der Waals surface area contributed by atoms with E-state index in [0.717, 1.165) is 13.1 Å². The molecule has 0 saturated carbocycles. The summed E-state index contributed by atoms with van der Waals surface area (Å²) in [6.45, 7) is 1.46. The molecule has 0 bridgehead atoms. The predicted octanol–water partition coefficient (Wildman–Crippen LogP) is -0.0760. The molecule has 1 saturated heterocycles. The Kier molecular flexibility index (Phi) is 3.28. The van der Waals surface area contributed by atoms with Gasteiger partial charge in [-0.25, -0.2) is 0 Å². The fourth-order valence-electron chi connectivity index (χ4n) is 0.899. The Morgan fingerprint density at radius 3 is 2.70 bits per heavy atom. The molecule has 1 aliphatic heterocycles. The molecule has 0 amide bonds.